The molecule has 23 nitrogen and oxygen atoms in total. The highest BCUT2D eigenvalue weighted by molar-refractivity contribution is 14.1. The fourth-order valence-electron chi connectivity index (χ4n) is 12.2. The van der Waals surface area contributed by atoms with Gasteiger partial charge in [-0.1, -0.05) is 200 Å². The van der Waals surface area contributed by atoms with Crippen LogP contribution >= 0.6 is 146 Å². The van der Waals surface area contributed by atoms with Crippen LogP contribution in [0.3, 0.4) is 0 Å². The van der Waals surface area contributed by atoms with Crippen LogP contribution in [0.2, 0.25) is 20.1 Å². The average molecular weight is 2010 g/mol. The van der Waals surface area contributed by atoms with Gasteiger partial charge in [0.05, 0.1) is 139 Å². The van der Waals surface area contributed by atoms with Gasteiger partial charge < -0.3 is 17.2 Å². The van der Waals surface area contributed by atoms with Crippen molar-refractivity contribution in [3.05, 3.63) is 265 Å². The summed E-state index contributed by atoms with van der Waals surface area (Å²) in [6.07, 6.45) is 4.28. The Bertz CT molecular complexity index is 6590. The molecule has 111 heavy (non-hydrogen) atoms. The normalized spacial score (nSPS) is 11.2. The number of benzene rings is 8. The first kappa shape index (κ1) is 78.2. The number of anilines is 3. The number of H-pyrrole nitrogens is 1. The number of fused-ring (bicyclic) bond motifs is 7. The van der Waals surface area contributed by atoms with Crippen molar-refractivity contribution in [3.8, 4) is 45.0 Å². The second-order valence-electron chi connectivity index (χ2n) is 24.8. The maximum absolute atomic E-state index is 6.52. The summed E-state index contributed by atoms with van der Waals surface area (Å²) in [5.74, 6) is 1.28. The lowest BCUT2D eigenvalue weighted by molar-refractivity contribution is 0.684. The topological polar surface area (TPSA) is 323 Å². The number of rotatable bonds is 10. The predicted octanol–water partition coefficient (Wildman–Crippen LogP) is 20.1. The molecule has 0 aliphatic heterocycles. The Labute approximate surface area is 711 Å². The van der Waals surface area contributed by atoms with Crippen molar-refractivity contribution >= 4 is 241 Å². The molecule has 0 aliphatic rings. The lowest BCUT2D eigenvalue weighted by Crippen LogP contribution is -2.09. The zero-order valence-electron chi connectivity index (χ0n) is 58.9. The van der Waals surface area contributed by atoms with Crippen LogP contribution in [0.4, 0.5) is 17.5 Å². The highest BCUT2D eigenvalue weighted by Gasteiger charge is 2.23. The molecule has 10 heterocycles. The monoisotopic (exact) mass is 2010 g/mol. The number of halogens is 9. The third kappa shape index (κ3) is 16.7. The van der Waals surface area contributed by atoms with Crippen LogP contribution in [0.25, 0.3) is 122 Å². The molecule has 0 fully saturated rings. The van der Waals surface area contributed by atoms with E-state index in [-0.39, 0.29) is 0 Å². The largest absolute Gasteiger partial charge is 0.383 e. The maximum atomic E-state index is 6.52. The first-order valence-electron chi connectivity index (χ1n) is 33.8. The Morgan fingerprint density at radius 2 is 0.676 bits per heavy atom. The summed E-state index contributed by atoms with van der Waals surface area (Å²) in [6.45, 7) is 8.87. The molecule has 0 radical (unpaired) electrons. The summed E-state index contributed by atoms with van der Waals surface area (Å²) in [7, 11) is 0. The second kappa shape index (κ2) is 34.6. The van der Waals surface area contributed by atoms with Crippen molar-refractivity contribution < 1.29 is 0 Å². The number of nitrogens with zero attached hydrogens (tertiary/aromatic N) is 19. The van der Waals surface area contributed by atoms with Gasteiger partial charge in [-0.3, -0.25) is 5.10 Å². The van der Waals surface area contributed by atoms with Gasteiger partial charge in [0, 0.05) is 32.9 Å². The van der Waals surface area contributed by atoms with Crippen LogP contribution in [0.5, 0.6) is 0 Å². The minimum atomic E-state index is 0.368. The molecule has 10 aromatic heterocycles. The first-order valence-corrected chi connectivity index (χ1v) is 40.8. The SMILES string of the molecule is Cc1cccc2nc(-c3ccccc3Cl)c(CBr)nc12.Cc1cccc2nc(-c3ccccc3Cl)c(Cn3nc(I)c4c(N)ncnc43)nc12.Cc1cccc2nc(CBr)c(-c3ccccc3Cl)nc12.Cc1cccc2nc(Cn3nc(I)c4c(N)ncnc43)c(-c3ccccc3Cl)nc12.Nc1ncnc2n[nH]c(I)c12. The number of aromatic amines is 1. The third-order valence-electron chi connectivity index (χ3n) is 17.6. The number of aryl methyl sites for hydroxylation is 4. The summed E-state index contributed by atoms with van der Waals surface area (Å²) in [5.41, 5.74) is 40.9. The molecule has 0 saturated carbocycles. The Morgan fingerprint density at radius 3 is 1.07 bits per heavy atom. The zero-order chi connectivity index (χ0) is 77.7. The fraction of sp³-hybridized carbons (Fsp3) is 0.101. The highest BCUT2D eigenvalue weighted by atomic mass is 127. The van der Waals surface area contributed by atoms with E-state index < -0.39 is 0 Å². The van der Waals surface area contributed by atoms with Crippen molar-refractivity contribution in [2.75, 3.05) is 17.2 Å². The molecule has 552 valence electrons. The number of alkyl halides is 2. The number of hydrogen-bond donors (Lipinski definition) is 4. The third-order valence-corrected chi connectivity index (χ3v) is 22.3. The Morgan fingerprint density at radius 1 is 0.360 bits per heavy atom. The number of hydrogen-bond acceptors (Lipinski definition) is 20. The smallest absolute Gasteiger partial charge is 0.187 e. The molecule has 0 amide bonds. The Balaban J connectivity index is 0.000000119. The summed E-state index contributed by atoms with van der Waals surface area (Å²) < 4.78 is 5.91. The maximum Gasteiger partial charge on any atom is 0.187 e. The van der Waals surface area contributed by atoms with Crippen molar-refractivity contribution in [1.82, 2.24) is 99.5 Å². The average Bonchev–Trinajstić information content (AvgIpc) is 1.71. The van der Waals surface area contributed by atoms with Gasteiger partial charge in [-0.05, 0) is 166 Å². The number of nitrogens with one attached hydrogen (secondary N) is 1. The van der Waals surface area contributed by atoms with Gasteiger partial charge in [-0.2, -0.15) is 15.3 Å². The Hall–Kier alpha value is -9.52. The highest BCUT2D eigenvalue weighted by Crippen LogP contribution is 2.37. The minimum Gasteiger partial charge on any atom is -0.383 e. The molecule has 7 N–H and O–H groups in total. The molecule has 0 aliphatic carbocycles. The minimum absolute atomic E-state index is 0.368. The lowest BCUT2D eigenvalue weighted by atomic mass is 10.1. The molecule has 0 bridgehead atoms. The van der Waals surface area contributed by atoms with Gasteiger partial charge in [0.25, 0.3) is 0 Å². The number of para-hydroxylation sites is 4. The van der Waals surface area contributed by atoms with E-state index in [9.17, 15) is 0 Å². The summed E-state index contributed by atoms with van der Waals surface area (Å²) in [5, 5.41) is 22.1. The molecule has 0 unspecified atom stereocenters. The van der Waals surface area contributed by atoms with Crippen LogP contribution in [0.1, 0.15) is 45.0 Å². The number of aromatic nitrogens is 20. The molecular formula is C79H58Br2Cl4I3N23. The molecule has 0 spiro atoms. The van der Waals surface area contributed by atoms with Crippen LogP contribution in [0, 0.1) is 38.8 Å². The van der Waals surface area contributed by atoms with E-state index in [1.807, 2.05) is 198 Å². The van der Waals surface area contributed by atoms with Gasteiger partial charge in [-0.15, -0.1) is 0 Å². The van der Waals surface area contributed by atoms with Gasteiger partial charge in [0.2, 0.25) is 0 Å². The molecule has 18 aromatic rings. The molecule has 32 heteroatoms. The molecular weight excluding hydrogens is 1950 g/mol. The van der Waals surface area contributed by atoms with Gasteiger partial charge in [0.15, 0.2) is 16.9 Å². The predicted molar refractivity (Wildman–Crippen MR) is 476 cm³/mol. The summed E-state index contributed by atoms with van der Waals surface area (Å²) in [4.78, 5) is 63.5. The summed E-state index contributed by atoms with van der Waals surface area (Å²) >= 11 is 39.0. The van der Waals surface area contributed by atoms with E-state index >= 15 is 0 Å². The molecule has 0 atom stereocenters. The van der Waals surface area contributed by atoms with E-state index in [0.717, 1.165) is 161 Å². The standard InChI is InChI=1S/2C21H15ClIN7.2C16H12BrClN2.C5H4IN5/c1-11-5-4-8-14-17(11)28-15(18(27-14)12-6-2-3-7-13(12)22)9-30-21-16(19(23)29-30)20(24)25-10-26-21;1-11-5-4-8-14-17(11)28-18(12-6-2-3-7-13(12)22)15(27-14)9-30-21-16(19(23)29-30)20(24)25-10-26-21;1-10-5-4-8-13-15(10)20-14(9-17)16(19-13)11-6-2-3-7-12(11)18;1-10-5-4-8-13-15(10)20-16(14(9-17)19-13)11-6-2-3-7-12(11)18;6-3-2-4(7)8-1-9-5(2)11-10-3/h2*2-8,10H,9H2,1H3,(H2,24,25,26);2*2-8H,9H2,1H3;1H,(H3,7,8,9,10,11). The summed E-state index contributed by atoms with van der Waals surface area (Å²) in [6, 6.07) is 54.7. The van der Waals surface area contributed by atoms with E-state index in [2.05, 4.69) is 150 Å². The van der Waals surface area contributed by atoms with Crippen molar-refractivity contribution in [2.24, 2.45) is 0 Å². The van der Waals surface area contributed by atoms with Crippen LogP contribution in [-0.4, -0.2) is 99.5 Å². The number of nitrogens with two attached hydrogens (primary N) is 3. The van der Waals surface area contributed by atoms with Gasteiger partial charge in [-0.25, -0.2) is 79.1 Å². The molecule has 18 rings (SSSR count). The van der Waals surface area contributed by atoms with Gasteiger partial charge in [0.1, 0.15) is 47.5 Å². The lowest BCUT2D eigenvalue weighted by Gasteiger charge is -2.13. The Kier molecular flexibility index (Phi) is 24.4. The molecule has 8 aromatic carbocycles. The van der Waals surface area contributed by atoms with Crippen LogP contribution < -0.4 is 17.2 Å². The van der Waals surface area contributed by atoms with E-state index in [4.69, 9.17) is 103 Å². The number of nitrogen functional groups attached to an aromatic ring is 3. The molecule has 0 saturated heterocycles. The van der Waals surface area contributed by atoms with E-state index in [1.165, 1.54) is 19.0 Å². The van der Waals surface area contributed by atoms with Crippen molar-refractivity contribution in [2.45, 2.75) is 51.4 Å². The quantitative estimate of drug-likeness (QED) is 0.0730. The fourth-order valence-corrected chi connectivity index (χ4v) is 16.1. The second-order valence-corrected chi connectivity index (χ2v) is 30.7. The van der Waals surface area contributed by atoms with E-state index in [1.54, 1.807) is 9.36 Å². The zero-order valence-corrected chi connectivity index (χ0v) is 71.5. The van der Waals surface area contributed by atoms with Crippen LogP contribution in [0.15, 0.2) is 189 Å². The first-order chi connectivity index (χ1) is 53.7. The van der Waals surface area contributed by atoms with E-state index in [0.29, 0.717) is 78.2 Å². The van der Waals surface area contributed by atoms with Gasteiger partial charge >= 0.3 is 0 Å². The van der Waals surface area contributed by atoms with Crippen molar-refractivity contribution in [3.63, 3.8) is 0 Å². The van der Waals surface area contributed by atoms with Crippen LogP contribution in [-0.2, 0) is 23.7 Å². The van der Waals surface area contributed by atoms with Crippen molar-refractivity contribution in [1.29, 1.82) is 0 Å².